The summed E-state index contributed by atoms with van der Waals surface area (Å²) in [5.41, 5.74) is 0.706. The molecule has 0 bridgehead atoms. The molecule has 0 aliphatic rings. The highest BCUT2D eigenvalue weighted by Crippen LogP contribution is 2.32. The number of rotatable bonds is 2. The fraction of sp³-hybridized carbons (Fsp3) is 0.250. The Morgan fingerprint density at radius 2 is 1.75 bits per heavy atom. The summed E-state index contributed by atoms with van der Waals surface area (Å²) < 4.78 is 24.9. The van der Waals surface area contributed by atoms with Crippen molar-refractivity contribution in [3.05, 3.63) is 35.4 Å². The van der Waals surface area contributed by atoms with Crippen molar-refractivity contribution in [2.24, 2.45) is 0 Å². The second-order valence-electron chi connectivity index (χ2n) is 2.35. The van der Waals surface area contributed by atoms with Crippen LogP contribution in [0, 0.1) is 0 Å². The van der Waals surface area contributed by atoms with Gasteiger partial charge in [-0.2, -0.15) is 21.4 Å². The van der Waals surface area contributed by atoms with Crippen molar-refractivity contribution < 1.29 is 8.78 Å². The quantitative estimate of drug-likeness (QED) is 0.559. The molecule has 1 rings (SSSR count). The predicted molar refractivity (Wildman–Crippen MR) is 48.9 cm³/mol. The average molecular weight is 209 g/mol. The average Bonchev–Trinajstić information content (AvgIpc) is 2.03. The van der Waals surface area contributed by atoms with Gasteiger partial charge in [0.1, 0.15) is 0 Å². The Hall–Kier alpha value is -0.280. The zero-order valence-electron chi connectivity index (χ0n) is 6.10. The summed E-state index contributed by atoms with van der Waals surface area (Å²) in [7, 11) is 0. The van der Waals surface area contributed by atoms with Crippen LogP contribution < -0.4 is 0 Å². The molecule has 4 heteroatoms. The highest BCUT2D eigenvalue weighted by atomic mass is 35.5. The van der Waals surface area contributed by atoms with E-state index < -0.39 is 5.38 Å². The highest BCUT2D eigenvalue weighted by molar-refractivity contribution is 7.79. The summed E-state index contributed by atoms with van der Waals surface area (Å²) in [6.45, 7) is 0. The third-order valence-corrected chi connectivity index (χ3v) is 2.05. The first-order valence-electron chi connectivity index (χ1n) is 3.31. The number of thiol groups is 1. The molecular weight excluding hydrogens is 202 g/mol. The minimum absolute atomic E-state index is 0.185. The van der Waals surface area contributed by atoms with Crippen LogP contribution in [-0.4, -0.2) is 0 Å². The van der Waals surface area contributed by atoms with Gasteiger partial charge < -0.3 is 0 Å². The van der Waals surface area contributed by atoms with E-state index in [-0.39, 0.29) is 5.56 Å². The zero-order valence-corrected chi connectivity index (χ0v) is 7.75. The monoisotopic (exact) mass is 208 g/mol. The molecule has 0 aliphatic heterocycles. The highest BCUT2D eigenvalue weighted by Gasteiger charge is 2.26. The Kier molecular flexibility index (Phi) is 2.96. The molecule has 0 saturated carbocycles. The van der Waals surface area contributed by atoms with Gasteiger partial charge in [-0.05, 0) is 17.2 Å². The number of halogens is 3. The third-order valence-electron chi connectivity index (χ3n) is 1.46. The summed E-state index contributed by atoms with van der Waals surface area (Å²) in [4.78, 5) is 0. The van der Waals surface area contributed by atoms with Crippen LogP contribution in [0.15, 0.2) is 24.3 Å². The van der Waals surface area contributed by atoms with Crippen molar-refractivity contribution in [1.29, 1.82) is 0 Å². The van der Waals surface area contributed by atoms with Crippen LogP contribution in [0.2, 0.25) is 0 Å². The summed E-state index contributed by atoms with van der Waals surface area (Å²) in [6, 6.07) is 5.77. The zero-order chi connectivity index (χ0) is 9.19. The molecule has 0 aromatic heterocycles. The molecule has 0 unspecified atom stereocenters. The molecule has 0 atom stereocenters. The van der Waals surface area contributed by atoms with Crippen molar-refractivity contribution in [3.63, 3.8) is 0 Å². The summed E-state index contributed by atoms with van der Waals surface area (Å²) in [5.74, 6) is 0.536. The van der Waals surface area contributed by atoms with Gasteiger partial charge in [0.05, 0.1) is 0 Å². The summed E-state index contributed by atoms with van der Waals surface area (Å²) >= 11 is 8.80. The molecule has 0 aliphatic carbocycles. The number of hydrogen-bond acceptors (Lipinski definition) is 1. The lowest BCUT2D eigenvalue weighted by molar-refractivity contribution is 0.0951. The minimum Gasteiger partial charge on any atom is -0.183 e. The molecule has 12 heavy (non-hydrogen) atoms. The van der Waals surface area contributed by atoms with E-state index in [9.17, 15) is 8.78 Å². The molecule has 0 nitrogen and oxygen atoms in total. The van der Waals surface area contributed by atoms with Crippen molar-refractivity contribution in [2.75, 3.05) is 0 Å². The van der Waals surface area contributed by atoms with Gasteiger partial charge in [0.2, 0.25) is 0 Å². The largest absolute Gasteiger partial charge is 0.348 e. The topological polar surface area (TPSA) is 0 Å². The Morgan fingerprint density at radius 3 is 2.08 bits per heavy atom. The predicted octanol–water partition coefficient (Wildman–Crippen LogP) is 3.40. The lowest BCUT2D eigenvalue weighted by Gasteiger charge is -2.07. The number of benzene rings is 1. The molecule has 0 heterocycles. The Balaban J connectivity index is 2.93. The van der Waals surface area contributed by atoms with E-state index in [0.717, 1.165) is 5.56 Å². The SMILES string of the molecule is FC(F)(Cl)c1ccc(CS)cc1. The smallest absolute Gasteiger partial charge is 0.183 e. The van der Waals surface area contributed by atoms with Crippen LogP contribution in [0.3, 0.4) is 0 Å². The van der Waals surface area contributed by atoms with Crippen LogP contribution in [0.5, 0.6) is 0 Å². The molecule has 0 N–H and O–H groups in total. The van der Waals surface area contributed by atoms with Gasteiger partial charge in [0.15, 0.2) is 0 Å². The Morgan fingerprint density at radius 1 is 1.25 bits per heavy atom. The van der Waals surface area contributed by atoms with E-state index in [1.165, 1.54) is 12.1 Å². The van der Waals surface area contributed by atoms with Crippen molar-refractivity contribution in [2.45, 2.75) is 11.1 Å². The van der Waals surface area contributed by atoms with E-state index in [0.29, 0.717) is 5.75 Å². The van der Waals surface area contributed by atoms with Crippen LogP contribution >= 0.6 is 24.2 Å². The van der Waals surface area contributed by atoms with Gasteiger partial charge in [-0.25, -0.2) is 0 Å². The van der Waals surface area contributed by atoms with E-state index in [4.69, 9.17) is 11.6 Å². The second kappa shape index (κ2) is 3.62. The second-order valence-corrected chi connectivity index (χ2v) is 3.14. The van der Waals surface area contributed by atoms with Crippen molar-refractivity contribution in [1.82, 2.24) is 0 Å². The fourth-order valence-electron chi connectivity index (χ4n) is 0.799. The van der Waals surface area contributed by atoms with Crippen molar-refractivity contribution in [3.8, 4) is 0 Å². The third kappa shape index (κ3) is 2.35. The molecule has 1 aromatic rings. The molecule has 0 amide bonds. The molecule has 0 fully saturated rings. The maximum absolute atomic E-state index is 12.4. The van der Waals surface area contributed by atoms with Gasteiger partial charge in [0.25, 0.3) is 0 Å². The number of alkyl halides is 3. The van der Waals surface area contributed by atoms with Gasteiger partial charge >= 0.3 is 5.38 Å². The maximum Gasteiger partial charge on any atom is 0.348 e. The van der Waals surface area contributed by atoms with E-state index in [1.807, 2.05) is 0 Å². The molecule has 1 aromatic carbocycles. The first-order valence-corrected chi connectivity index (χ1v) is 4.32. The van der Waals surface area contributed by atoms with Crippen LogP contribution in [0.4, 0.5) is 8.78 Å². The minimum atomic E-state index is -3.27. The van der Waals surface area contributed by atoms with Crippen molar-refractivity contribution >= 4 is 24.2 Å². The van der Waals surface area contributed by atoms with Gasteiger partial charge in [-0.3, -0.25) is 0 Å². The number of hydrogen-bond donors (Lipinski definition) is 1. The normalized spacial score (nSPS) is 11.7. The molecule has 66 valence electrons. The van der Waals surface area contributed by atoms with Crippen LogP contribution in [-0.2, 0) is 11.1 Å². The molecule has 0 spiro atoms. The van der Waals surface area contributed by atoms with Gasteiger partial charge in [-0.15, -0.1) is 0 Å². The van der Waals surface area contributed by atoms with Crippen LogP contribution in [0.1, 0.15) is 11.1 Å². The molecule has 0 radical (unpaired) electrons. The van der Waals surface area contributed by atoms with E-state index >= 15 is 0 Å². The standard InChI is InChI=1S/C8H7ClF2S/c9-8(10,11)7-3-1-6(5-12)2-4-7/h1-4,12H,5H2. The Bertz CT molecular complexity index is 253. The summed E-state index contributed by atoms with van der Waals surface area (Å²) in [5, 5.41) is -3.27. The Labute approximate surface area is 80.0 Å². The lowest BCUT2D eigenvalue weighted by atomic mass is 10.1. The molecular formula is C8H7ClF2S. The van der Waals surface area contributed by atoms with E-state index in [2.05, 4.69) is 12.6 Å². The first kappa shape index (κ1) is 9.81. The fourth-order valence-corrected chi connectivity index (χ4v) is 1.14. The first-order chi connectivity index (χ1) is 5.54. The maximum atomic E-state index is 12.4. The lowest BCUT2D eigenvalue weighted by Crippen LogP contribution is -2.02. The van der Waals surface area contributed by atoms with E-state index in [1.54, 1.807) is 12.1 Å². The molecule has 0 saturated heterocycles. The van der Waals surface area contributed by atoms with Gasteiger partial charge in [0, 0.05) is 11.3 Å². The van der Waals surface area contributed by atoms with Gasteiger partial charge in [-0.1, -0.05) is 24.3 Å². The van der Waals surface area contributed by atoms with Crippen LogP contribution in [0.25, 0.3) is 0 Å². The summed E-state index contributed by atoms with van der Waals surface area (Å²) in [6.07, 6.45) is 0.